The van der Waals surface area contributed by atoms with E-state index in [1.165, 1.54) is 6.26 Å². The number of rotatable bonds is 6. The summed E-state index contributed by atoms with van der Waals surface area (Å²) in [6, 6.07) is 1.76. The second-order valence-electron chi connectivity index (χ2n) is 2.94. The van der Waals surface area contributed by atoms with Gasteiger partial charge in [-0.25, -0.2) is 0 Å². The number of carbonyl (C=O) groups excluding carboxylic acids is 1. The van der Waals surface area contributed by atoms with Crippen LogP contribution in [0, 0.1) is 0 Å². The fourth-order valence-electron chi connectivity index (χ4n) is 0.960. The summed E-state index contributed by atoms with van der Waals surface area (Å²) in [5.74, 6) is 0.00958. The summed E-state index contributed by atoms with van der Waals surface area (Å²) in [6.45, 7) is 3.61. The van der Waals surface area contributed by atoms with Gasteiger partial charge in [-0.2, -0.15) is 0 Å². The van der Waals surface area contributed by atoms with Gasteiger partial charge >= 0.3 is 0 Å². The molecule has 5 heteroatoms. The molecule has 0 unspecified atom stereocenters. The number of amides is 1. The molecule has 0 saturated heterocycles. The number of carbonyl (C=O) groups is 1. The maximum absolute atomic E-state index is 11.1. The van der Waals surface area contributed by atoms with E-state index in [0.29, 0.717) is 13.1 Å². The van der Waals surface area contributed by atoms with Crippen LogP contribution in [0.2, 0.25) is 0 Å². The Morgan fingerprint density at radius 1 is 1.64 bits per heavy atom. The number of hydrogen-bond acceptors (Lipinski definition) is 4. The van der Waals surface area contributed by atoms with Crippen molar-refractivity contribution >= 4 is 5.91 Å². The minimum absolute atomic E-state index is 0.00958. The molecule has 78 valence electrons. The summed E-state index contributed by atoms with van der Waals surface area (Å²) in [4.78, 5) is 11.1. The number of hydrogen-bond donors (Lipinski definition) is 2. The van der Waals surface area contributed by atoms with Crippen molar-refractivity contribution < 1.29 is 9.32 Å². The molecule has 0 aliphatic rings. The lowest BCUT2D eigenvalue weighted by Gasteiger charge is -2.03. The Balaban J connectivity index is 2.06. The lowest BCUT2D eigenvalue weighted by molar-refractivity contribution is -0.120. The molecule has 0 saturated carbocycles. The Bertz CT molecular complexity index is 259. The highest BCUT2D eigenvalue weighted by Gasteiger charge is 2.00. The molecule has 0 fully saturated rings. The van der Waals surface area contributed by atoms with Crippen molar-refractivity contribution in [2.45, 2.75) is 19.9 Å². The van der Waals surface area contributed by atoms with E-state index in [2.05, 4.69) is 20.3 Å². The van der Waals surface area contributed by atoms with E-state index in [0.717, 1.165) is 18.7 Å². The molecule has 0 spiro atoms. The average molecular weight is 197 g/mol. The number of nitrogens with zero attached hydrogens (tertiary/aromatic N) is 1. The molecule has 0 aliphatic carbocycles. The molecule has 0 aliphatic heterocycles. The van der Waals surface area contributed by atoms with Gasteiger partial charge in [0.15, 0.2) is 0 Å². The van der Waals surface area contributed by atoms with Gasteiger partial charge < -0.3 is 15.2 Å². The smallest absolute Gasteiger partial charge is 0.233 e. The largest absolute Gasteiger partial charge is 0.364 e. The molecule has 0 bridgehead atoms. The third-order valence-corrected chi connectivity index (χ3v) is 1.66. The number of aromatic nitrogens is 1. The quantitative estimate of drug-likeness (QED) is 0.688. The van der Waals surface area contributed by atoms with Crippen LogP contribution in [-0.4, -0.2) is 24.2 Å². The topological polar surface area (TPSA) is 67.2 Å². The lowest BCUT2D eigenvalue weighted by atomic mass is 10.4. The molecule has 5 nitrogen and oxygen atoms in total. The molecule has 1 aromatic rings. The van der Waals surface area contributed by atoms with Gasteiger partial charge in [0.2, 0.25) is 5.91 Å². The second kappa shape index (κ2) is 6.15. The van der Waals surface area contributed by atoms with Gasteiger partial charge in [-0.15, -0.1) is 0 Å². The second-order valence-corrected chi connectivity index (χ2v) is 2.94. The van der Waals surface area contributed by atoms with Crippen LogP contribution >= 0.6 is 0 Å². The van der Waals surface area contributed by atoms with Gasteiger partial charge in [0.05, 0.1) is 12.2 Å². The maximum atomic E-state index is 11.1. The van der Waals surface area contributed by atoms with Crippen molar-refractivity contribution in [1.82, 2.24) is 15.8 Å². The van der Waals surface area contributed by atoms with Gasteiger partial charge in [0.1, 0.15) is 6.26 Å². The van der Waals surface area contributed by atoms with E-state index in [4.69, 9.17) is 0 Å². The Kier molecular flexibility index (Phi) is 4.71. The molecule has 0 radical (unpaired) electrons. The molecule has 0 atom stereocenters. The summed E-state index contributed by atoms with van der Waals surface area (Å²) in [7, 11) is 0. The van der Waals surface area contributed by atoms with Crippen LogP contribution < -0.4 is 10.6 Å². The van der Waals surface area contributed by atoms with E-state index in [-0.39, 0.29) is 5.91 Å². The van der Waals surface area contributed by atoms with Gasteiger partial charge in [-0.3, -0.25) is 4.79 Å². The molecular formula is C9H15N3O2. The first-order valence-electron chi connectivity index (χ1n) is 4.69. The van der Waals surface area contributed by atoms with Gasteiger partial charge in [0.25, 0.3) is 0 Å². The Labute approximate surface area is 82.8 Å². The fraction of sp³-hybridized carbons (Fsp3) is 0.556. The molecule has 2 N–H and O–H groups in total. The predicted octanol–water partition coefficient (Wildman–Crippen LogP) is 0.290. The van der Waals surface area contributed by atoms with E-state index in [1.807, 2.05) is 6.92 Å². The molecular weight excluding hydrogens is 182 g/mol. The molecule has 0 aromatic carbocycles. The van der Waals surface area contributed by atoms with Crippen molar-refractivity contribution in [3.05, 3.63) is 18.0 Å². The van der Waals surface area contributed by atoms with Gasteiger partial charge in [-0.1, -0.05) is 12.1 Å². The van der Waals surface area contributed by atoms with Crippen LogP contribution in [0.25, 0.3) is 0 Å². The molecule has 14 heavy (non-hydrogen) atoms. The highest BCUT2D eigenvalue weighted by molar-refractivity contribution is 5.77. The molecule has 1 amide bonds. The van der Waals surface area contributed by atoms with Crippen LogP contribution in [-0.2, 0) is 11.3 Å². The Morgan fingerprint density at radius 2 is 2.50 bits per heavy atom. The first kappa shape index (κ1) is 10.7. The minimum atomic E-state index is 0.00958. The standard InChI is InChI=1S/C9H15N3O2/c1-2-4-11-9(13)7-10-6-8-3-5-14-12-8/h3,5,10H,2,4,6-7H2,1H3,(H,11,13). The lowest BCUT2D eigenvalue weighted by Crippen LogP contribution is -2.33. The summed E-state index contributed by atoms with van der Waals surface area (Å²) < 4.78 is 4.65. The van der Waals surface area contributed by atoms with Crippen molar-refractivity contribution in [2.75, 3.05) is 13.1 Å². The zero-order chi connectivity index (χ0) is 10.2. The van der Waals surface area contributed by atoms with E-state index in [9.17, 15) is 4.79 Å². The van der Waals surface area contributed by atoms with Crippen molar-refractivity contribution in [2.24, 2.45) is 0 Å². The number of nitrogens with one attached hydrogen (secondary N) is 2. The van der Waals surface area contributed by atoms with Gasteiger partial charge in [-0.05, 0) is 6.42 Å². The van der Waals surface area contributed by atoms with Crippen molar-refractivity contribution in [1.29, 1.82) is 0 Å². The predicted molar refractivity (Wildman–Crippen MR) is 51.5 cm³/mol. The summed E-state index contributed by atoms with van der Waals surface area (Å²) in [5.41, 5.74) is 0.799. The first-order chi connectivity index (χ1) is 6.83. The van der Waals surface area contributed by atoms with Crippen LogP contribution in [0.5, 0.6) is 0 Å². The monoisotopic (exact) mass is 197 g/mol. The zero-order valence-electron chi connectivity index (χ0n) is 8.25. The first-order valence-corrected chi connectivity index (χ1v) is 4.69. The summed E-state index contributed by atoms with van der Waals surface area (Å²) in [5, 5.41) is 9.44. The average Bonchev–Trinajstić information content (AvgIpc) is 2.67. The third kappa shape index (κ3) is 4.04. The van der Waals surface area contributed by atoms with E-state index >= 15 is 0 Å². The molecule has 1 aromatic heterocycles. The van der Waals surface area contributed by atoms with E-state index in [1.54, 1.807) is 6.07 Å². The van der Waals surface area contributed by atoms with Crippen LogP contribution in [0.4, 0.5) is 0 Å². The van der Waals surface area contributed by atoms with Crippen molar-refractivity contribution in [3.8, 4) is 0 Å². The zero-order valence-corrected chi connectivity index (χ0v) is 8.25. The van der Waals surface area contributed by atoms with Crippen LogP contribution in [0.15, 0.2) is 16.9 Å². The Morgan fingerprint density at radius 3 is 3.14 bits per heavy atom. The molecule has 1 rings (SSSR count). The highest BCUT2D eigenvalue weighted by atomic mass is 16.5. The maximum Gasteiger partial charge on any atom is 0.233 e. The van der Waals surface area contributed by atoms with Crippen molar-refractivity contribution in [3.63, 3.8) is 0 Å². The normalized spacial score (nSPS) is 10.1. The summed E-state index contributed by atoms with van der Waals surface area (Å²) in [6.07, 6.45) is 2.46. The minimum Gasteiger partial charge on any atom is -0.364 e. The summed E-state index contributed by atoms with van der Waals surface area (Å²) >= 11 is 0. The highest BCUT2D eigenvalue weighted by Crippen LogP contribution is 1.91. The fourth-order valence-corrected chi connectivity index (χ4v) is 0.960. The van der Waals surface area contributed by atoms with Crippen LogP contribution in [0.3, 0.4) is 0 Å². The Hall–Kier alpha value is -1.36. The molecule has 1 heterocycles. The van der Waals surface area contributed by atoms with Crippen LogP contribution in [0.1, 0.15) is 19.0 Å². The van der Waals surface area contributed by atoms with E-state index < -0.39 is 0 Å². The van der Waals surface area contributed by atoms with Gasteiger partial charge in [0, 0.05) is 19.2 Å². The SMILES string of the molecule is CCCNC(=O)CNCc1ccon1. The third-order valence-electron chi connectivity index (χ3n) is 1.66.